The molecule has 1 fully saturated rings. The van der Waals surface area contributed by atoms with Crippen LogP contribution in [0.3, 0.4) is 0 Å². The smallest absolute Gasteiger partial charge is 0.411 e. The average Bonchev–Trinajstić information content (AvgIpc) is 3.19. The number of ketones is 1. The van der Waals surface area contributed by atoms with Gasteiger partial charge in [0.25, 0.3) is 5.91 Å². The van der Waals surface area contributed by atoms with E-state index >= 15 is 0 Å². The molecule has 27 heavy (non-hydrogen) atoms. The van der Waals surface area contributed by atoms with Gasteiger partial charge in [0.15, 0.2) is 11.9 Å². The van der Waals surface area contributed by atoms with Crippen LogP contribution in [0.2, 0.25) is 0 Å². The van der Waals surface area contributed by atoms with E-state index in [4.69, 9.17) is 9.47 Å². The second kappa shape index (κ2) is 8.08. The molecule has 1 saturated heterocycles. The number of nitrogens with zero attached hydrogens (tertiary/aromatic N) is 1. The molecule has 2 aliphatic heterocycles. The van der Waals surface area contributed by atoms with Gasteiger partial charge in [-0.15, -0.1) is 0 Å². The summed E-state index contributed by atoms with van der Waals surface area (Å²) in [5, 5.41) is 2.69. The van der Waals surface area contributed by atoms with E-state index in [9.17, 15) is 14.4 Å². The van der Waals surface area contributed by atoms with E-state index in [1.165, 1.54) is 0 Å². The first kappa shape index (κ1) is 19.4. The number of benzene rings is 1. The molecule has 0 saturated carbocycles. The van der Waals surface area contributed by atoms with Crippen LogP contribution in [0.5, 0.6) is 0 Å². The van der Waals surface area contributed by atoms with Crippen LogP contribution in [-0.4, -0.2) is 47.5 Å². The van der Waals surface area contributed by atoms with Gasteiger partial charge in [-0.05, 0) is 30.4 Å². The van der Waals surface area contributed by atoms with E-state index in [0.717, 1.165) is 11.1 Å². The van der Waals surface area contributed by atoms with E-state index in [1.54, 1.807) is 11.8 Å². The highest BCUT2D eigenvalue weighted by atomic mass is 16.6. The minimum Gasteiger partial charge on any atom is -0.436 e. The van der Waals surface area contributed by atoms with Gasteiger partial charge in [0, 0.05) is 13.1 Å². The highest BCUT2D eigenvalue weighted by molar-refractivity contribution is 5.93. The molecule has 3 atom stereocenters. The Labute approximate surface area is 159 Å². The van der Waals surface area contributed by atoms with Crippen LogP contribution in [0.15, 0.2) is 24.3 Å². The molecule has 0 spiro atoms. The van der Waals surface area contributed by atoms with Crippen LogP contribution in [0.4, 0.5) is 4.79 Å². The fraction of sp³-hybridized carbons (Fsp3) is 0.550. The second-order valence-electron chi connectivity index (χ2n) is 7.60. The maximum absolute atomic E-state index is 12.7. The zero-order valence-electron chi connectivity index (χ0n) is 15.9. The van der Waals surface area contributed by atoms with Gasteiger partial charge in [-0.2, -0.15) is 0 Å². The number of ether oxygens (including phenoxy) is 2. The summed E-state index contributed by atoms with van der Waals surface area (Å²) < 4.78 is 10.8. The summed E-state index contributed by atoms with van der Waals surface area (Å²) in [5.74, 6) is -0.470. The van der Waals surface area contributed by atoms with Crippen molar-refractivity contribution in [2.45, 2.75) is 58.5 Å². The monoisotopic (exact) mass is 374 g/mol. The predicted molar refractivity (Wildman–Crippen MR) is 97.8 cm³/mol. The molecule has 0 aromatic heterocycles. The lowest BCUT2D eigenvalue weighted by Crippen LogP contribution is -2.49. The van der Waals surface area contributed by atoms with Crippen molar-refractivity contribution in [3.05, 3.63) is 35.4 Å². The molecular weight excluding hydrogens is 348 g/mol. The maximum atomic E-state index is 12.7. The lowest BCUT2D eigenvalue weighted by Gasteiger charge is -2.24. The molecule has 3 rings (SSSR count). The van der Waals surface area contributed by atoms with Crippen LogP contribution < -0.4 is 5.32 Å². The first-order valence-corrected chi connectivity index (χ1v) is 9.32. The Kier molecular flexibility index (Phi) is 5.79. The molecule has 0 radical (unpaired) electrons. The van der Waals surface area contributed by atoms with Crippen molar-refractivity contribution >= 4 is 17.8 Å². The number of carbonyl (C=O) groups is 3. The number of hydrogen-bond donors (Lipinski definition) is 1. The summed E-state index contributed by atoms with van der Waals surface area (Å²) in [6.45, 7) is 6.57. The summed E-state index contributed by atoms with van der Waals surface area (Å²) in [7, 11) is 0. The Morgan fingerprint density at radius 2 is 1.89 bits per heavy atom. The minimum absolute atomic E-state index is 0.00716. The number of hydrogen-bond acceptors (Lipinski definition) is 5. The molecule has 2 aliphatic rings. The summed E-state index contributed by atoms with van der Waals surface area (Å²) in [4.78, 5) is 38.7. The lowest BCUT2D eigenvalue weighted by molar-refractivity contribution is -0.134. The van der Waals surface area contributed by atoms with Gasteiger partial charge in [0.2, 0.25) is 0 Å². The number of Topliss-reactive ketones (excluding diaryl/α,β-unsaturated/α-hetero) is 1. The van der Waals surface area contributed by atoms with Crippen LogP contribution >= 0.6 is 0 Å². The zero-order chi connectivity index (χ0) is 19.6. The van der Waals surface area contributed by atoms with E-state index in [-0.39, 0.29) is 24.4 Å². The Morgan fingerprint density at radius 3 is 2.41 bits per heavy atom. The molecule has 7 nitrogen and oxygen atoms in total. The summed E-state index contributed by atoms with van der Waals surface area (Å²) >= 11 is 0. The maximum Gasteiger partial charge on any atom is 0.411 e. The average molecular weight is 374 g/mol. The third-order valence-electron chi connectivity index (χ3n) is 4.92. The Hall–Kier alpha value is -2.41. The second-order valence-corrected chi connectivity index (χ2v) is 7.60. The normalized spacial score (nSPS) is 22.7. The largest absolute Gasteiger partial charge is 0.436 e. The standard InChI is InChI=1S/C20H26N2O5/c1-12(2)8-17(19(24)21-18-13(3)26-11-16(18)23)27-20(25)22-9-14-6-4-5-7-15(14)10-22/h4-7,12-13,17-18H,8-11H2,1-3H3,(H,21,24). The molecule has 1 aromatic carbocycles. The van der Waals surface area contributed by atoms with Gasteiger partial charge in [-0.25, -0.2) is 4.79 Å². The van der Waals surface area contributed by atoms with Gasteiger partial charge in [0.1, 0.15) is 12.6 Å². The topological polar surface area (TPSA) is 84.9 Å². The molecular formula is C20H26N2O5. The molecule has 2 heterocycles. The van der Waals surface area contributed by atoms with Gasteiger partial charge >= 0.3 is 6.09 Å². The molecule has 2 amide bonds. The van der Waals surface area contributed by atoms with E-state index in [1.807, 2.05) is 38.1 Å². The van der Waals surface area contributed by atoms with E-state index < -0.39 is 24.1 Å². The van der Waals surface area contributed by atoms with Gasteiger partial charge < -0.3 is 14.8 Å². The molecule has 1 N–H and O–H groups in total. The Balaban J connectivity index is 1.63. The SMILES string of the molecule is CC(C)CC(OC(=O)N1Cc2ccccc2C1)C(=O)NC1C(=O)COC1C. The summed E-state index contributed by atoms with van der Waals surface area (Å²) in [5.41, 5.74) is 2.17. The minimum atomic E-state index is -0.943. The van der Waals surface area contributed by atoms with Crippen molar-refractivity contribution < 1.29 is 23.9 Å². The van der Waals surface area contributed by atoms with Crippen molar-refractivity contribution in [1.29, 1.82) is 0 Å². The summed E-state index contributed by atoms with van der Waals surface area (Å²) in [6.07, 6.45) is -1.46. The van der Waals surface area contributed by atoms with Crippen LogP contribution in [0.1, 0.15) is 38.3 Å². The van der Waals surface area contributed by atoms with Crippen molar-refractivity contribution in [2.24, 2.45) is 5.92 Å². The van der Waals surface area contributed by atoms with Gasteiger partial charge in [-0.1, -0.05) is 38.1 Å². The van der Waals surface area contributed by atoms with Crippen molar-refractivity contribution in [2.75, 3.05) is 6.61 Å². The quantitative estimate of drug-likeness (QED) is 0.852. The highest BCUT2D eigenvalue weighted by Gasteiger charge is 2.37. The predicted octanol–water partition coefficient (Wildman–Crippen LogP) is 2.03. The Bertz CT molecular complexity index is 708. The third-order valence-corrected chi connectivity index (χ3v) is 4.92. The van der Waals surface area contributed by atoms with Crippen LogP contribution in [0, 0.1) is 5.92 Å². The van der Waals surface area contributed by atoms with Crippen molar-refractivity contribution in [3.8, 4) is 0 Å². The third kappa shape index (κ3) is 4.47. The molecule has 0 aliphatic carbocycles. The number of amides is 2. The summed E-state index contributed by atoms with van der Waals surface area (Å²) in [6, 6.07) is 7.14. The highest BCUT2D eigenvalue weighted by Crippen LogP contribution is 2.24. The van der Waals surface area contributed by atoms with Gasteiger partial charge in [-0.3, -0.25) is 14.5 Å². The Morgan fingerprint density at radius 1 is 1.26 bits per heavy atom. The number of rotatable bonds is 5. The van der Waals surface area contributed by atoms with Gasteiger partial charge in [0.05, 0.1) is 6.10 Å². The fourth-order valence-electron chi connectivity index (χ4n) is 3.40. The number of nitrogens with one attached hydrogen (secondary N) is 1. The number of fused-ring (bicyclic) bond motifs is 1. The van der Waals surface area contributed by atoms with E-state index in [0.29, 0.717) is 19.5 Å². The zero-order valence-corrected chi connectivity index (χ0v) is 15.9. The van der Waals surface area contributed by atoms with Crippen molar-refractivity contribution in [3.63, 3.8) is 0 Å². The first-order valence-electron chi connectivity index (χ1n) is 9.32. The lowest BCUT2D eigenvalue weighted by atomic mass is 10.0. The van der Waals surface area contributed by atoms with Crippen molar-refractivity contribution in [1.82, 2.24) is 10.2 Å². The molecule has 3 unspecified atom stereocenters. The number of carbonyl (C=O) groups excluding carboxylic acids is 3. The first-order chi connectivity index (χ1) is 12.8. The molecule has 0 bridgehead atoms. The molecule has 7 heteroatoms. The molecule has 1 aromatic rings. The van der Waals surface area contributed by atoms with Crippen LogP contribution in [-0.2, 0) is 32.2 Å². The van der Waals surface area contributed by atoms with Crippen LogP contribution in [0.25, 0.3) is 0 Å². The fourth-order valence-corrected chi connectivity index (χ4v) is 3.40. The molecule has 146 valence electrons. The van der Waals surface area contributed by atoms with E-state index in [2.05, 4.69) is 5.32 Å².